The van der Waals surface area contributed by atoms with Gasteiger partial charge in [-0.25, -0.2) is 10.5 Å². The molecule has 4 nitrogen and oxygen atoms in total. The first-order valence-corrected chi connectivity index (χ1v) is 3.65. The van der Waals surface area contributed by atoms with Crippen molar-refractivity contribution >= 4 is 5.96 Å². The van der Waals surface area contributed by atoms with Gasteiger partial charge in [0.25, 0.3) is 0 Å². The molecule has 1 saturated carbocycles. The molecule has 0 heterocycles. The van der Waals surface area contributed by atoms with Gasteiger partial charge in [-0.2, -0.15) is 0 Å². The highest BCUT2D eigenvalue weighted by molar-refractivity contribution is 5.77. The van der Waals surface area contributed by atoms with Gasteiger partial charge in [0.1, 0.15) is 0 Å². The zero-order valence-electron chi connectivity index (χ0n) is 6.42. The highest BCUT2D eigenvalue weighted by Crippen LogP contribution is 2.22. The lowest BCUT2D eigenvalue weighted by atomic mass is 10.7. The van der Waals surface area contributed by atoms with Crippen LogP contribution >= 0.6 is 0 Å². The normalized spacial score (nSPS) is 18.0. The maximum Gasteiger partial charge on any atom is 0.213 e. The monoisotopic (exact) mass is 155 g/mol. The van der Waals surface area contributed by atoms with Crippen LogP contribution in [0.2, 0.25) is 0 Å². The molecule has 3 N–H and O–H groups in total. The topological polar surface area (TPSA) is 59.6 Å². The molecule has 0 saturated heterocycles. The molecule has 0 amide bonds. The van der Waals surface area contributed by atoms with Crippen LogP contribution < -0.4 is 11.2 Å². The lowest BCUT2D eigenvalue weighted by molar-refractivity contribution is 0.109. The molecule has 0 unspecified atom stereocenters. The lowest BCUT2D eigenvalue weighted by Crippen LogP contribution is -2.32. The second-order valence-corrected chi connectivity index (χ2v) is 2.45. The third kappa shape index (κ3) is 3.62. The highest BCUT2D eigenvalue weighted by atomic mass is 16.6. The van der Waals surface area contributed by atoms with Gasteiger partial charge in [-0.05, 0) is 12.8 Å². The lowest BCUT2D eigenvalue weighted by Gasteiger charge is -2.02. The van der Waals surface area contributed by atoms with E-state index in [1.165, 1.54) is 0 Å². The molecular weight excluding hydrogens is 142 g/mol. The second-order valence-electron chi connectivity index (χ2n) is 2.45. The number of aliphatic imine (C=N–C) groups is 1. The number of hydrogen-bond acceptors (Lipinski definition) is 2. The van der Waals surface area contributed by atoms with Crippen molar-refractivity contribution in [1.29, 1.82) is 0 Å². The summed E-state index contributed by atoms with van der Waals surface area (Å²) in [4.78, 5) is 8.93. The Morgan fingerprint density at radius 2 is 2.55 bits per heavy atom. The van der Waals surface area contributed by atoms with Crippen LogP contribution in [0.1, 0.15) is 12.8 Å². The summed E-state index contributed by atoms with van der Waals surface area (Å²) < 4.78 is 0. The summed E-state index contributed by atoms with van der Waals surface area (Å²) >= 11 is 0. The summed E-state index contributed by atoms with van der Waals surface area (Å²) in [6.07, 6.45) is 3.92. The van der Waals surface area contributed by atoms with Crippen LogP contribution in [0.3, 0.4) is 0 Å². The van der Waals surface area contributed by atoms with Crippen molar-refractivity contribution in [2.45, 2.75) is 18.9 Å². The van der Waals surface area contributed by atoms with Crippen molar-refractivity contribution in [2.24, 2.45) is 10.7 Å². The molecule has 0 aromatic carbocycles. The molecule has 1 aliphatic rings. The Kier molecular flexibility index (Phi) is 2.92. The fourth-order valence-electron chi connectivity index (χ4n) is 0.601. The smallest absolute Gasteiger partial charge is 0.213 e. The van der Waals surface area contributed by atoms with Crippen LogP contribution in [0.25, 0.3) is 0 Å². The van der Waals surface area contributed by atoms with E-state index in [4.69, 9.17) is 10.6 Å². The summed E-state index contributed by atoms with van der Waals surface area (Å²) in [5.74, 6) is 0.356. The minimum Gasteiger partial charge on any atom is -0.368 e. The van der Waals surface area contributed by atoms with Crippen LogP contribution in [0, 0.1) is 0 Å². The van der Waals surface area contributed by atoms with Gasteiger partial charge in [-0.3, -0.25) is 4.84 Å². The SMILES string of the molecule is C=CCONC(N)=NC1CC1. The van der Waals surface area contributed by atoms with Crippen molar-refractivity contribution in [3.05, 3.63) is 12.7 Å². The molecule has 4 heteroatoms. The van der Waals surface area contributed by atoms with Gasteiger partial charge in [-0.15, -0.1) is 6.58 Å². The fraction of sp³-hybridized carbons (Fsp3) is 0.571. The molecule has 1 aliphatic carbocycles. The van der Waals surface area contributed by atoms with Crippen molar-refractivity contribution in [1.82, 2.24) is 5.48 Å². The number of rotatable bonds is 4. The number of nitrogens with zero attached hydrogens (tertiary/aromatic N) is 1. The van der Waals surface area contributed by atoms with E-state index in [1.807, 2.05) is 0 Å². The van der Waals surface area contributed by atoms with E-state index in [2.05, 4.69) is 17.1 Å². The molecule has 0 aromatic heterocycles. The van der Waals surface area contributed by atoms with Crippen LogP contribution in [0.5, 0.6) is 0 Å². The first-order chi connectivity index (χ1) is 5.33. The van der Waals surface area contributed by atoms with Gasteiger partial charge < -0.3 is 5.73 Å². The third-order valence-corrected chi connectivity index (χ3v) is 1.25. The summed E-state index contributed by atoms with van der Waals surface area (Å²) in [5.41, 5.74) is 7.95. The van der Waals surface area contributed by atoms with Crippen LogP contribution in [0.4, 0.5) is 0 Å². The van der Waals surface area contributed by atoms with Gasteiger partial charge in [0.2, 0.25) is 5.96 Å². The summed E-state index contributed by atoms with van der Waals surface area (Å²) in [6.45, 7) is 3.92. The summed E-state index contributed by atoms with van der Waals surface area (Å²) in [6, 6.07) is 0.426. The van der Waals surface area contributed by atoms with Crippen LogP contribution in [0.15, 0.2) is 17.6 Å². The molecule has 0 spiro atoms. The zero-order valence-corrected chi connectivity index (χ0v) is 6.42. The van der Waals surface area contributed by atoms with Crippen molar-refractivity contribution in [3.8, 4) is 0 Å². The van der Waals surface area contributed by atoms with Gasteiger partial charge in [-0.1, -0.05) is 6.08 Å². The van der Waals surface area contributed by atoms with E-state index in [-0.39, 0.29) is 0 Å². The molecule has 0 aromatic rings. The Bertz CT molecular complexity index is 163. The van der Waals surface area contributed by atoms with E-state index in [0.717, 1.165) is 12.8 Å². The predicted octanol–water partition coefficient (Wildman–Crippen LogP) is 0.171. The van der Waals surface area contributed by atoms with Gasteiger partial charge in [0.15, 0.2) is 0 Å². The molecule has 0 radical (unpaired) electrons. The quantitative estimate of drug-likeness (QED) is 0.200. The molecule has 0 bridgehead atoms. The number of nitrogens with one attached hydrogen (secondary N) is 1. The minimum absolute atomic E-state index is 0.356. The average Bonchev–Trinajstić information content (AvgIpc) is 2.72. The summed E-state index contributed by atoms with van der Waals surface area (Å²) in [7, 11) is 0. The zero-order chi connectivity index (χ0) is 8.10. The van der Waals surface area contributed by atoms with Gasteiger partial charge in [0, 0.05) is 0 Å². The van der Waals surface area contributed by atoms with Crippen molar-refractivity contribution in [3.63, 3.8) is 0 Å². The van der Waals surface area contributed by atoms with E-state index in [0.29, 0.717) is 18.6 Å². The molecule has 0 atom stereocenters. The number of nitrogens with two attached hydrogens (primary N) is 1. The third-order valence-electron chi connectivity index (χ3n) is 1.25. The molecule has 0 aliphatic heterocycles. The second kappa shape index (κ2) is 3.98. The van der Waals surface area contributed by atoms with Gasteiger partial charge >= 0.3 is 0 Å². The molecule has 1 fully saturated rings. The number of hydrogen-bond donors (Lipinski definition) is 2. The number of hydroxylamine groups is 1. The Balaban J connectivity index is 2.08. The summed E-state index contributed by atoms with van der Waals surface area (Å²) in [5, 5.41) is 0. The predicted molar refractivity (Wildman–Crippen MR) is 43.9 cm³/mol. The Morgan fingerprint density at radius 1 is 1.82 bits per heavy atom. The van der Waals surface area contributed by atoms with Crippen molar-refractivity contribution < 1.29 is 4.84 Å². The van der Waals surface area contributed by atoms with E-state index in [9.17, 15) is 0 Å². The van der Waals surface area contributed by atoms with Crippen LogP contribution in [-0.2, 0) is 4.84 Å². The number of guanidine groups is 1. The molecule has 62 valence electrons. The fourth-order valence-corrected chi connectivity index (χ4v) is 0.601. The Hall–Kier alpha value is -1.03. The Labute approximate surface area is 66.1 Å². The Morgan fingerprint density at radius 3 is 3.09 bits per heavy atom. The van der Waals surface area contributed by atoms with E-state index in [1.54, 1.807) is 6.08 Å². The molecule has 1 rings (SSSR count). The standard InChI is InChI=1S/C7H13N3O/c1-2-5-11-10-7(8)9-6-3-4-6/h2,6H,1,3-5H2,(H3,8,9,10). The van der Waals surface area contributed by atoms with Gasteiger partial charge in [0.05, 0.1) is 12.6 Å². The minimum atomic E-state index is 0.356. The van der Waals surface area contributed by atoms with E-state index >= 15 is 0 Å². The van der Waals surface area contributed by atoms with Crippen LogP contribution in [-0.4, -0.2) is 18.6 Å². The maximum absolute atomic E-state index is 5.43. The first kappa shape index (κ1) is 8.07. The largest absolute Gasteiger partial charge is 0.368 e. The van der Waals surface area contributed by atoms with Crippen molar-refractivity contribution in [2.75, 3.05) is 6.61 Å². The van der Waals surface area contributed by atoms with E-state index < -0.39 is 0 Å². The first-order valence-electron chi connectivity index (χ1n) is 3.65. The highest BCUT2D eigenvalue weighted by Gasteiger charge is 2.20. The molecule has 11 heavy (non-hydrogen) atoms. The maximum atomic E-state index is 5.43. The average molecular weight is 155 g/mol. The molecular formula is C7H13N3O.